The van der Waals surface area contributed by atoms with Gasteiger partial charge in [0.15, 0.2) is 11.2 Å². The molecule has 3 heterocycles. The zero-order valence-electron chi connectivity index (χ0n) is 18.2. The molecule has 3 rings (SSSR count). The van der Waals surface area contributed by atoms with E-state index in [1.807, 2.05) is 0 Å². The highest BCUT2D eigenvalue weighted by atomic mass is 16.5. The van der Waals surface area contributed by atoms with Gasteiger partial charge in [0.2, 0.25) is 0 Å². The van der Waals surface area contributed by atoms with Crippen LogP contribution in [0, 0.1) is 0 Å². The van der Waals surface area contributed by atoms with Crippen molar-refractivity contribution in [3.63, 3.8) is 0 Å². The maximum atomic E-state index is 12.9. The molecule has 0 aliphatic carbocycles. The van der Waals surface area contributed by atoms with Gasteiger partial charge in [-0.1, -0.05) is 45.4 Å². The number of morpholine rings is 1. The van der Waals surface area contributed by atoms with Crippen molar-refractivity contribution in [1.29, 1.82) is 0 Å². The van der Waals surface area contributed by atoms with Gasteiger partial charge in [0.05, 0.1) is 19.8 Å². The summed E-state index contributed by atoms with van der Waals surface area (Å²) in [5, 5.41) is 0. The van der Waals surface area contributed by atoms with Crippen LogP contribution in [0.25, 0.3) is 11.2 Å². The van der Waals surface area contributed by atoms with Crippen molar-refractivity contribution < 1.29 is 4.74 Å². The maximum absolute atomic E-state index is 12.9. The molecule has 8 heteroatoms. The van der Waals surface area contributed by atoms with Crippen LogP contribution in [0.3, 0.4) is 0 Å². The molecule has 2 aromatic heterocycles. The molecule has 29 heavy (non-hydrogen) atoms. The van der Waals surface area contributed by atoms with E-state index in [0.29, 0.717) is 17.7 Å². The van der Waals surface area contributed by atoms with Crippen molar-refractivity contribution >= 4 is 11.2 Å². The first-order valence-electron chi connectivity index (χ1n) is 11.0. The van der Waals surface area contributed by atoms with Gasteiger partial charge in [-0.15, -0.1) is 0 Å². The second-order valence-electron chi connectivity index (χ2n) is 8.07. The minimum absolute atomic E-state index is 0.258. The van der Waals surface area contributed by atoms with E-state index in [4.69, 9.17) is 9.72 Å². The fourth-order valence-corrected chi connectivity index (χ4v) is 4.04. The molecule has 0 radical (unpaired) electrons. The van der Waals surface area contributed by atoms with Gasteiger partial charge in [-0.3, -0.25) is 18.8 Å². The summed E-state index contributed by atoms with van der Waals surface area (Å²) in [4.78, 5) is 32.3. The first kappa shape index (κ1) is 21.8. The van der Waals surface area contributed by atoms with Crippen LogP contribution in [-0.4, -0.2) is 49.9 Å². The normalized spacial score (nSPS) is 15.4. The molecule has 8 nitrogen and oxygen atoms in total. The molecule has 2 aromatic rings. The number of hydrogen-bond acceptors (Lipinski definition) is 5. The molecule has 0 amide bonds. The lowest BCUT2D eigenvalue weighted by Crippen LogP contribution is -2.37. The van der Waals surface area contributed by atoms with Gasteiger partial charge < -0.3 is 9.30 Å². The van der Waals surface area contributed by atoms with Gasteiger partial charge >= 0.3 is 5.69 Å². The minimum Gasteiger partial charge on any atom is -0.379 e. The summed E-state index contributed by atoms with van der Waals surface area (Å²) in [6.45, 7) is 6.82. The van der Waals surface area contributed by atoms with Crippen molar-refractivity contribution in [2.24, 2.45) is 14.1 Å². The molecule has 0 saturated carbocycles. The van der Waals surface area contributed by atoms with Crippen molar-refractivity contribution in [2.45, 2.75) is 65.0 Å². The van der Waals surface area contributed by atoms with Gasteiger partial charge in [-0.2, -0.15) is 0 Å². The van der Waals surface area contributed by atoms with Gasteiger partial charge in [-0.05, 0) is 6.42 Å². The molecule has 0 unspecified atom stereocenters. The average Bonchev–Trinajstić information content (AvgIpc) is 3.09. The smallest absolute Gasteiger partial charge is 0.332 e. The summed E-state index contributed by atoms with van der Waals surface area (Å²) >= 11 is 0. The van der Waals surface area contributed by atoms with Crippen LogP contribution < -0.4 is 11.2 Å². The fourth-order valence-electron chi connectivity index (χ4n) is 4.04. The van der Waals surface area contributed by atoms with Crippen molar-refractivity contribution in [3.8, 4) is 0 Å². The molecular formula is C21H35N5O3. The topological polar surface area (TPSA) is 74.3 Å². The maximum Gasteiger partial charge on any atom is 0.332 e. The van der Waals surface area contributed by atoms with E-state index in [9.17, 15) is 9.59 Å². The Bertz CT molecular complexity index is 921. The monoisotopic (exact) mass is 405 g/mol. The number of imidazole rings is 1. The van der Waals surface area contributed by atoms with Crippen LogP contribution in [0.2, 0.25) is 0 Å². The zero-order valence-corrected chi connectivity index (χ0v) is 18.2. The van der Waals surface area contributed by atoms with Crippen LogP contribution in [0.5, 0.6) is 0 Å². The van der Waals surface area contributed by atoms with Crippen LogP contribution >= 0.6 is 0 Å². The second kappa shape index (κ2) is 10.2. The number of aryl methyl sites for hydroxylation is 2. The van der Waals surface area contributed by atoms with Gasteiger partial charge in [0.1, 0.15) is 5.82 Å². The number of rotatable bonds is 10. The Labute approximate surface area is 172 Å². The quantitative estimate of drug-likeness (QED) is 0.566. The highest BCUT2D eigenvalue weighted by Crippen LogP contribution is 2.16. The minimum atomic E-state index is -0.332. The van der Waals surface area contributed by atoms with E-state index in [2.05, 4.69) is 16.4 Å². The number of fused-ring (bicyclic) bond motifs is 1. The molecule has 1 saturated heterocycles. The number of hydrogen-bond donors (Lipinski definition) is 0. The molecule has 1 fully saturated rings. The molecule has 0 bridgehead atoms. The molecule has 0 N–H and O–H groups in total. The fraction of sp³-hybridized carbons (Fsp3) is 0.762. The predicted molar refractivity (Wildman–Crippen MR) is 114 cm³/mol. The Morgan fingerprint density at radius 3 is 2.28 bits per heavy atom. The third-order valence-corrected chi connectivity index (χ3v) is 5.88. The largest absolute Gasteiger partial charge is 0.379 e. The van der Waals surface area contributed by atoms with Gasteiger partial charge in [-0.25, -0.2) is 9.78 Å². The number of aromatic nitrogens is 4. The molecule has 1 aliphatic heterocycles. The SMILES string of the molecule is CCCCCCCCCn1c(CN2CCOCC2)nc2c1c(=O)n(C)c(=O)n2C. The summed E-state index contributed by atoms with van der Waals surface area (Å²) in [5.74, 6) is 0.867. The summed E-state index contributed by atoms with van der Waals surface area (Å²) in [6.07, 6.45) is 8.52. The summed E-state index contributed by atoms with van der Waals surface area (Å²) < 4.78 is 10.2. The molecular weight excluding hydrogens is 370 g/mol. The van der Waals surface area contributed by atoms with Crippen molar-refractivity contribution in [3.05, 3.63) is 26.7 Å². The lowest BCUT2D eigenvalue weighted by Gasteiger charge is -2.26. The number of unbranched alkanes of at least 4 members (excludes halogenated alkanes) is 6. The Hall–Kier alpha value is -1.93. The zero-order chi connectivity index (χ0) is 20.8. The van der Waals surface area contributed by atoms with E-state index in [0.717, 1.165) is 51.5 Å². The standard InChI is InChI=1S/C21H35N5O3/c1-4-5-6-7-8-9-10-11-26-17(16-25-12-14-29-15-13-25)22-19-18(26)20(27)24(3)21(28)23(19)2/h4-16H2,1-3H3. The lowest BCUT2D eigenvalue weighted by molar-refractivity contribution is 0.0326. The van der Waals surface area contributed by atoms with Crippen molar-refractivity contribution in [2.75, 3.05) is 26.3 Å². The molecule has 0 spiro atoms. The summed E-state index contributed by atoms with van der Waals surface area (Å²) in [5.41, 5.74) is 0.445. The average molecular weight is 406 g/mol. The van der Waals surface area contributed by atoms with E-state index >= 15 is 0 Å². The number of ether oxygens (including phenoxy) is 1. The summed E-state index contributed by atoms with van der Waals surface area (Å²) in [7, 11) is 3.23. The highest BCUT2D eigenvalue weighted by Gasteiger charge is 2.21. The highest BCUT2D eigenvalue weighted by molar-refractivity contribution is 5.71. The third-order valence-electron chi connectivity index (χ3n) is 5.88. The Balaban J connectivity index is 1.84. The Morgan fingerprint density at radius 1 is 0.931 bits per heavy atom. The van der Waals surface area contributed by atoms with Gasteiger partial charge in [0.25, 0.3) is 5.56 Å². The third kappa shape index (κ3) is 4.98. The van der Waals surface area contributed by atoms with Crippen LogP contribution in [0.4, 0.5) is 0 Å². The first-order valence-corrected chi connectivity index (χ1v) is 11.0. The van der Waals surface area contributed by atoms with E-state index < -0.39 is 0 Å². The van der Waals surface area contributed by atoms with E-state index in [1.165, 1.54) is 48.3 Å². The van der Waals surface area contributed by atoms with Crippen LogP contribution in [0.15, 0.2) is 9.59 Å². The van der Waals surface area contributed by atoms with Crippen LogP contribution in [0.1, 0.15) is 57.7 Å². The first-order chi connectivity index (χ1) is 14.0. The molecule has 1 aliphatic rings. The predicted octanol–water partition coefficient (Wildman–Crippen LogP) is 2.02. The lowest BCUT2D eigenvalue weighted by atomic mass is 10.1. The molecule has 0 atom stereocenters. The van der Waals surface area contributed by atoms with E-state index in [1.54, 1.807) is 7.05 Å². The Kier molecular flexibility index (Phi) is 7.66. The van der Waals surface area contributed by atoms with E-state index in [-0.39, 0.29) is 11.2 Å². The van der Waals surface area contributed by atoms with Gasteiger partial charge in [0, 0.05) is 33.7 Å². The van der Waals surface area contributed by atoms with Crippen LogP contribution in [-0.2, 0) is 31.9 Å². The van der Waals surface area contributed by atoms with Crippen molar-refractivity contribution in [1.82, 2.24) is 23.6 Å². The summed E-state index contributed by atoms with van der Waals surface area (Å²) in [6, 6.07) is 0. The molecule has 0 aromatic carbocycles. The number of nitrogens with zero attached hydrogens (tertiary/aromatic N) is 5. The Morgan fingerprint density at radius 2 is 1.59 bits per heavy atom. The molecule has 162 valence electrons. The second-order valence-corrected chi connectivity index (χ2v) is 8.07.